The van der Waals surface area contributed by atoms with Gasteiger partial charge in [0.05, 0.1) is 12.5 Å². The van der Waals surface area contributed by atoms with Gasteiger partial charge in [0, 0.05) is 23.3 Å². The van der Waals surface area contributed by atoms with Gasteiger partial charge < -0.3 is 4.90 Å². The number of halogens is 2. The SMILES string of the molecule is CC1c2ccccc2CN1C(=O)Cc1c(Cl)ccnc1Cl. The van der Waals surface area contributed by atoms with E-state index in [0.29, 0.717) is 22.3 Å². The van der Waals surface area contributed by atoms with Crippen LogP contribution in [0, 0.1) is 0 Å². The van der Waals surface area contributed by atoms with Crippen LogP contribution in [-0.4, -0.2) is 15.8 Å². The lowest BCUT2D eigenvalue weighted by atomic mass is 10.1. The normalized spacial score (nSPS) is 16.9. The molecule has 2 aromatic rings. The van der Waals surface area contributed by atoms with Crippen molar-refractivity contribution in [3.8, 4) is 0 Å². The molecule has 21 heavy (non-hydrogen) atoms. The third-order valence-electron chi connectivity index (χ3n) is 3.91. The Morgan fingerprint density at radius 3 is 2.81 bits per heavy atom. The third kappa shape index (κ3) is 2.63. The summed E-state index contributed by atoms with van der Waals surface area (Å²) in [4.78, 5) is 18.4. The average Bonchev–Trinajstić information content (AvgIpc) is 2.81. The van der Waals surface area contributed by atoms with Gasteiger partial charge in [-0.25, -0.2) is 4.98 Å². The molecule has 1 atom stereocenters. The van der Waals surface area contributed by atoms with Crippen molar-refractivity contribution in [1.82, 2.24) is 9.88 Å². The first kappa shape index (κ1) is 14.4. The maximum absolute atomic E-state index is 12.6. The van der Waals surface area contributed by atoms with Gasteiger partial charge >= 0.3 is 0 Å². The summed E-state index contributed by atoms with van der Waals surface area (Å²) in [6.45, 7) is 2.67. The van der Waals surface area contributed by atoms with Crippen LogP contribution < -0.4 is 0 Å². The van der Waals surface area contributed by atoms with Gasteiger partial charge in [0.1, 0.15) is 5.15 Å². The summed E-state index contributed by atoms with van der Waals surface area (Å²) in [7, 11) is 0. The van der Waals surface area contributed by atoms with Crippen LogP contribution in [0.15, 0.2) is 36.5 Å². The van der Waals surface area contributed by atoms with Gasteiger partial charge in [-0.15, -0.1) is 0 Å². The molecule has 2 heterocycles. The average molecular weight is 321 g/mol. The molecule has 1 amide bonds. The third-order valence-corrected chi connectivity index (χ3v) is 4.59. The smallest absolute Gasteiger partial charge is 0.227 e. The lowest BCUT2D eigenvalue weighted by Crippen LogP contribution is -2.29. The molecule has 0 saturated carbocycles. The van der Waals surface area contributed by atoms with E-state index in [2.05, 4.69) is 17.1 Å². The second kappa shape index (κ2) is 5.66. The van der Waals surface area contributed by atoms with E-state index in [9.17, 15) is 4.79 Å². The van der Waals surface area contributed by atoms with Crippen molar-refractivity contribution in [2.75, 3.05) is 0 Å². The van der Waals surface area contributed by atoms with Gasteiger partial charge in [-0.3, -0.25) is 4.79 Å². The predicted molar refractivity (Wildman–Crippen MR) is 83.4 cm³/mol. The van der Waals surface area contributed by atoms with Crippen molar-refractivity contribution in [2.45, 2.75) is 25.9 Å². The minimum absolute atomic E-state index is 0.00972. The maximum Gasteiger partial charge on any atom is 0.227 e. The number of nitrogens with zero attached hydrogens (tertiary/aromatic N) is 2. The molecule has 1 unspecified atom stereocenters. The molecule has 1 aliphatic rings. The highest BCUT2D eigenvalue weighted by Crippen LogP contribution is 2.34. The van der Waals surface area contributed by atoms with Crippen molar-refractivity contribution in [3.63, 3.8) is 0 Å². The zero-order chi connectivity index (χ0) is 15.0. The second-order valence-electron chi connectivity index (χ2n) is 5.14. The molecule has 0 saturated heterocycles. The Morgan fingerprint density at radius 2 is 2.10 bits per heavy atom. The minimum Gasteiger partial charge on any atom is -0.331 e. The van der Waals surface area contributed by atoms with E-state index in [0.717, 1.165) is 0 Å². The number of carbonyl (C=O) groups excluding carboxylic acids is 1. The standard InChI is InChI=1S/C16H14Cl2N2O/c1-10-12-5-3-2-4-11(12)9-20(10)15(21)8-13-14(17)6-7-19-16(13)18/h2-7,10H,8-9H2,1H3. The van der Waals surface area contributed by atoms with Crippen LogP contribution in [0.1, 0.15) is 29.7 Å². The molecule has 5 heteroatoms. The number of benzene rings is 1. The molecule has 0 spiro atoms. The van der Waals surface area contributed by atoms with Crippen molar-refractivity contribution in [1.29, 1.82) is 0 Å². The van der Waals surface area contributed by atoms with Gasteiger partial charge in [-0.2, -0.15) is 0 Å². The number of rotatable bonds is 2. The largest absolute Gasteiger partial charge is 0.331 e. The van der Waals surface area contributed by atoms with Crippen molar-refractivity contribution in [3.05, 3.63) is 63.4 Å². The van der Waals surface area contributed by atoms with E-state index in [1.54, 1.807) is 6.07 Å². The molecule has 0 N–H and O–H groups in total. The first-order valence-corrected chi connectivity index (χ1v) is 7.49. The van der Waals surface area contributed by atoms with Gasteiger partial charge in [0.2, 0.25) is 5.91 Å². The first-order valence-electron chi connectivity index (χ1n) is 6.74. The highest BCUT2D eigenvalue weighted by molar-refractivity contribution is 6.35. The van der Waals surface area contributed by atoms with Crippen LogP contribution in [0.3, 0.4) is 0 Å². The van der Waals surface area contributed by atoms with Gasteiger partial charge in [-0.05, 0) is 24.1 Å². The highest BCUT2D eigenvalue weighted by atomic mass is 35.5. The van der Waals surface area contributed by atoms with Crippen LogP contribution in [-0.2, 0) is 17.8 Å². The summed E-state index contributed by atoms with van der Waals surface area (Å²) in [6.07, 6.45) is 1.71. The van der Waals surface area contributed by atoms with Crippen LogP contribution in [0.4, 0.5) is 0 Å². The highest BCUT2D eigenvalue weighted by Gasteiger charge is 2.30. The van der Waals surface area contributed by atoms with Crippen LogP contribution in [0.25, 0.3) is 0 Å². The fourth-order valence-corrected chi connectivity index (χ4v) is 3.22. The summed E-state index contributed by atoms with van der Waals surface area (Å²) in [5, 5.41) is 0.771. The van der Waals surface area contributed by atoms with E-state index in [-0.39, 0.29) is 18.4 Å². The quantitative estimate of drug-likeness (QED) is 0.782. The molecule has 3 rings (SSSR count). The number of hydrogen-bond donors (Lipinski definition) is 0. The zero-order valence-electron chi connectivity index (χ0n) is 11.5. The fourth-order valence-electron chi connectivity index (χ4n) is 2.73. The molecule has 0 fully saturated rings. The van der Waals surface area contributed by atoms with E-state index in [4.69, 9.17) is 23.2 Å². The maximum atomic E-state index is 12.6. The molecule has 108 valence electrons. The Labute approximate surface area is 133 Å². The topological polar surface area (TPSA) is 33.2 Å². The molecule has 0 aliphatic carbocycles. The lowest BCUT2D eigenvalue weighted by molar-refractivity contribution is -0.132. The minimum atomic E-state index is 0.00972. The Balaban J connectivity index is 1.82. The Kier molecular flexibility index (Phi) is 3.87. The van der Waals surface area contributed by atoms with Crippen LogP contribution in [0.2, 0.25) is 10.2 Å². The summed E-state index contributed by atoms with van der Waals surface area (Å²) in [5.41, 5.74) is 2.99. The summed E-state index contributed by atoms with van der Waals surface area (Å²) >= 11 is 12.2. The summed E-state index contributed by atoms with van der Waals surface area (Å²) in [5.74, 6) is 0.00972. The number of pyridine rings is 1. The molecule has 0 radical (unpaired) electrons. The lowest BCUT2D eigenvalue weighted by Gasteiger charge is -2.22. The Hall–Kier alpha value is -1.58. The van der Waals surface area contributed by atoms with Gasteiger partial charge in [0.15, 0.2) is 0 Å². The van der Waals surface area contributed by atoms with E-state index >= 15 is 0 Å². The molecule has 1 aliphatic heterocycles. The monoisotopic (exact) mass is 320 g/mol. The predicted octanol–water partition coefficient (Wildman–Crippen LogP) is 4.03. The zero-order valence-corrected chi connectivity index (χ0v) is 13.0. The molecule has 0 bridgehead atoms. The van der Waals surface area contributed by atoms with Crippen molar-refractivity contribution in [2.24, 2.45) is 0 Å². The molecule has 3 nitrogen and oxygen atoms in total. The van der Waals surface area contributed by atoms with Crippen LogP contribution >= 0.6 is 23.2 Å². The van der Waals surface area contributed by atoms with Gasteiger partial charge in [0.25, 0.3) is 0 Å². The molecular weight excluding hydrogens is 307 g/mol. The number of amides is 1. The number of aromatic nitrogens is 1. The van der Waals surface area contributed by atoms with Gasteiger partial charge in [-0.1, -0.05) is 47.5 Å². The number of fused-ring (bicyclic) bond motifs is 1. The molecular formula is C16H14Cl2N2O. The van der Waals surface area contributed by atoms with Crippen molar-refractivity contribution < 1.29 is 4.79 Å². The van der Waals surface area contributed by atoms with E-state index < -0.39 is 0 Å². The number of carbonyl (C=O) groups is 1. The Bertz CT molecular complexity index is 682. The number of hydrogen-bond acceptors (Lipinski definition) is 2. The summed E-state index contributed by atoms with van der Waals surface area (Å²) < 4.78 is 0. The van der Waals surface area contributed by atoms with E-state index in [1.165, 1.54) is 17.3 Å². The van der Waals surface area contributed by atoms with Crippen LogP contribution in [0.5, 0.6) is 0 Å². The first-order chi connectivity index (χ1) is 10.1. The Morgan fingerprint density at radius 1 is 1.33 bits per heavy atom. The molecule has 1 aromatic carbocycles. The fraction of sp³-hybridized carbons (Fsp3) is 0.250. The van der Waals surface area contributed by atoms with Crippen molar-refractivity contribution >= 4 is 29.1 Å². The van der Waals surface area contributed by atoms with E-state index in [1.807, 2.05) is 24.0 Å². The second-order valence-corrected chi connectivity index (χ2v) is 5.90. The molecule has 1 aromatic heterocycles. The summed E-state index contributed by atoms with van der Waals surface area (Å²) in [6, 6.07) is 9.84.